The number of thiophene rings is 1. The van der Waals surface area contributed by atoms with Crippen molar-refractivity contribution >= 4 is 17.2 Å². The lowest BCUT2D eigenvalue weighted by atomic mass is 9.98. The van der Waals surface area contributed by atoms with Gasteiger partial charge in [-0.2, -0.15) is 0 Å². The first-order chi connectivity index (χ1) is 11.6. The van der Waals surface area contributed by atoms with Gasteiger partial charge >= 0.3 is 0 Å². The van der Waals surface area contributed by atoms with E-state index in [1.165, 1.54) is 30.7 Å². The van der Waals surface area contributed by atoms with Crippen LogP contribution in [0.4, 0.5) is 0 Å². The number of carbonyl (C=O) groups excluding carboxylic acids is 1. The summed E-state index contributed by atoms with van der Waals surface area (Å²) >= 11 is 1.70. The molecule has 0 unspecified atom stereocenters. The molecular weight excluding hydrogens is 318 g/mol. The Balaban J connectivity index is 1.59. The number of aromatic nitrogens is 1. The molecule has 0 aromatic carbocycles. The Labute approximate surface area is 147 Å². The molecule has 1 amide bonds. The fraction of sp³-hybridized carbons (Fsp3) is 0.526. The third kappa shape index (κ3) is 2.70. The fourth-order valence-electron chi connectivity index (χ4n) is 4.18. The third-order valence-corrected chi connectivity index (χ3v) is 6.83. The molecule has 0 saturated carbocycles. The highest BCUT2D eigenvalue weighted by atomic mass is 32.1. The van der Waals surface area contributed by atoms with Gasteiger partial charge in [0.25, 0.3) is 5.91 Å². The molecule has 2 aromatic rings. The van der Waals surface area contributed by atoms with E-state index in [1.54, 1.807) is 11.3 Å². The molecule has 24 heavy (non-hydrogen) atoms. The molecule has 5 heteroatoms. The Morgan fingerprint density at radius 3 is 2.75 bits per heavy atom. The highest BCUT2D eigenvalue weighted by Crippen LogP contribution is 2.32. The summed E-state index contributed by atoms with van der Waals surface area (Å²) in [6.07, 6.45) is 8.92. The van der Waals surface area contributed by atoms with Crippen LogP contribution < -0.4 is 5.32 Å². The molecule has 4 heterocycles. The lowest BCUT2D eigenvalue weighted by Gasteiger charge is -2.32. The molecule has 2 atom stereocenters. The maximum atomic E-state index is 13.1. The number of hydrogen-bond acceptors (Lipinski definition) is 3. The molecule has 1 N–H and O–H groups in total. The van der Waals surface area contributed by atoms with E-state index in [0.717, 1.165) is 29.1 Å². The van der Waals surface area contributed by atoms with Crippen LogP contribution >= 0.6 is 11.3 Å². The topological polar surface area (TPSA) is 37.3 Å². The first-order valence-electron chi connectivity index (χ1n) is 8.93. The Morgan fingerprint density at radius 2 is 1.96 bits per heavy atom. The Bertz CT molecular complexity index is 734. The van der Waals surface area contributed by atoms with Gasteiger partial charge in [0, 0.05) is 35.9 Å². The average molecular weight is 343 g/mol. The summed E-state index contributed by atoms with van der Waals surface area (Å²) < 4.78 is 2.06. The van der Waals surface area contributed by atoms with Crippen molar-refractivity contribution in [3.8, 4) is 5.00 Å². The van der Waals surface area contributed by atoms with E-state index in [-0.39, 0.29) is 5.91 Å². The maximum Gasteiger partial charge on any atom is 0.254 e. The maximum absolute atomic E-state index is 13.1. The van der Waals surface area contributed by atoms with Crippen LogP contribution in [0.1, 0.15) is 46.5 Å². The van der Waals surface area contributed by atoms with Gasteiger partial charge in [0.05, 0.1) is 5.56 Å². The summed E-state index contributed by atoms with van der Waals surface area (Å²) in [5, 5.41) is 4.40. The van der Waals surface area contributed by atoms with Crippen LogP contribution in [0.2, 0.25) is 0 Å². The number of fused-ring (bicyclic) bond motifs is 1. The summed E-state index contributed by atoms with van der Waals surface area (Å²) in [6.45, 7) is 6.49. The molecular formula is C19H25N3OS. The van der Waals surface area contributed by atoms with Crippen LogP contribution in [0.25, 0.3) is 5.00 Å². The molecule has 0 aliphatic carbocycles. The largest absolute Gasteiger partial charge is 0.348 e. The Morgan fingerprint density at radius 1 is 1.17 bits per heavy atom. The highest BCUT2D eigenvalue weighted by Gasteiger charge is 2.37. The molecule has 2 fully saturated rings. The zero-order chi connectivity index (χ0) is 16.7. The Hall–Kier alpha value is -1.59. The van der Waals surface area contributed by atoms with Crippen LogP contribution in [0.3, 0.4) is 0 Å². The van der Waals surface area contributed by atoms with Crippen molar-refractivity contribution in [1.29, 1.82) is 0 Å². The van der Waals surface area contributed by atoms with Gasteiger partial charge < -0.3 is 9.88 Å². The summed E-state index contributed by atoms with van der Waals surface area (Å²) in [4.78, 5) is 16.9. The number of aryl methyl sites for hydroxylation is 1. The van der Waals surface area contributed by atoms with Gasteiger partial charge in [0.2, 0.25) is 0 Å². The number of hydrogen-bond donors (Lipinski definition) is 1. The molecule has 0 spiro atoms. The minimum Gasteiger partial charge on any atom is -0.348 e. The van der Waals surface area contributed by atoms with E-state index in [4.69, 9.17) is 0 Å². The lowest BCUT2D eigenvalue weighted by molar-refractivity contribution is 0.0915. The van der Waals surface area contributed by atoms with Crippen LogP contribution in [0, 0.1) is 13.8 Å². The SMILES string of the molecule is Cc1sc(-n2cccc2)c(C(=O)N[C@H]2CCN3CCCC[C@H]23)c1C. The average Bonchev–Trinajstić information content (AvgIpc) is 3.29. The fourth-order valence-corrected chi connectivity index (χ4v) is 5.30. The zero-order valence-corrected chi connectivity index (χ0v) is 15.2. The second-order valence-electron chi connectivity index (χ2n) is 7.02. The van der Waals surface area contributed by atoms with Gasteiger partial charge in [-0.1, -0.05) is 6.42 Å². The number of amides is 1. The normalized spacial score (nSPS) is 24.1. The molecule has 2 aromatic heterocycles. The van der Waals surface area contributed by atoms with Crippen molar-refractivity contribution in [2.45, 2.75) is 51.6 Å². The van der Waals surface area contributed by atoms with Gasteiger partial charge in [-0.15, -0.1) is 11.3 Å². The first-order valence-corrected chi connectivity index (χ1v) is 9.75. The van der Waals surface area contributed by atoms with Crippen molar-refractivity contribution < 1.29 is 4.79 Å². The molecule has 2 saturated heterocycles. The predicted octanol–water partition coefficient (Wildman–Crippen LogP) is 3.51. The summed E-state index contributed by atoms with van der Waals surface area (Å²) in [5.41, 5.74) is 1.96. The van der Waals surface area contributed by atoms with Gasteiger partial charge in [-0.05, 0) is 57.4 Å². The van der Waals surface area contributed by atoms with E-state index >= 15 is 0 Å². The van der Waals surface area contributed by atoms with E-state index in [1.807, 2.05) is 24.5 Å². The van der Waals surface area contributed by atoms with Crippen molar-refractivity contribution in [2.75, 3.05) is 13.1 Å². The highest BCUT2D eigenvalue weighted by molar-refractivity contribution is 7.15. The van der Waals surface area contributed by atoms with Crippen molar-refractivity contribution in [1.82, 2.24) is 14.8 Å². The second-order valence-corrected chi connectivity index (χ2v) is 8.22. The van der Waals surface area contributed by atoms with Gasteiger partial charge in [0.15, 0.2) is 0 Å². The molecule has 0 bridgehead atoms. The molecule has 4 nitrogen and oxygen atoms in total. The monoisotopic (exact) mass is 343 g/mol. The predicted molar refractivity (Wildman–Crippen MR) is 98.2 cm³/mol. The van der Waals surface area contributed by atoms with Crippen LogP contribution in [-0.4, -0.2) is 40.5 Å². The molecule has 0 radical (unpaired) electrons. The quantitative estimate of drug-likeness (QED) is 0.926. The van der Waals surface area contributed by atoms with E-state index in [9.17, 15) is 4.79 Å². The second kappa shape index (κ2) is 6.37. The summed E-state index contributed by atoms with van der Waals surface area (Å²) in [7, 11) is 0. The van der Waals surface area contributed by atoms with Crippen LogP contribution in [0.15, 0.2) is 24.5 Å². The van der Waals surface area contributed by atoms with Crippen molar-refractivity contribution in [3.05, 3.63) is 40.5 Å². The molecule has 128 valence electrons. The smallest absolute Gasteiger partial charge is 0.254 e. The van der Waals surface area contributed by atoms with E-state index in [2.05, 4.69) is 28.6 Å². The number of carbonyl (C=O) groups is 1. The van der Waals surface area contributed by atoms with E-state index in [0.29, 0.717) is 12.1 Å². The molecule has 2 aliphatic heterocycles. The van der Waals surface area contributed by atoms with Gasteiger partial charge in [-0.25, -0.2) is 0 Å². The van der Waals surface area contributed by atoms with Gasteiger partial charge in [-0.3, -0.25) is 9.69 Å². The van der Waals surface area contributed by atoms with Gasteiger partial charge in [0.1, 0.15) is 5.00 Å². The summed E-state index contributed by atoms with van der Waals surface area (Å²) in [6, 6.07) is 4.85. The molecule has 4 rings (SSSR count). The number of nitrogens with one attached hydrogen (secondary N) is 1. The van der Waals surface area contributed by atoms with Crippen LogP contribution in [0.5, 0.6) is 0 Å². The minimum atomic E-state index is 0.0953. The van der Waals surface area contributed by atoms with E-state index < -0.39 is 0 Å². The van der Waals surface area contributed by atoms with Crippen molar-refractivity contribution in [3.63, 3.8) is 0 Å². The first kappa shape index (κ1) is 15.9. The van der Waals surface area contributed by atoms with Crippen LogP contribution in [-0.2, 0) is 0 Å². The number of rotatable bonds is 3. The zero-order valence-electron chi connectivity index (χ0n) is 14.4. The van der Waals surface area contributed by atoms with Crippen molar-refractivity contribution in [2.24, 2.45) is 0 Å². The number of piperidine rings is 1. The summed E-state index contributed by atoms with van der Waals surface area (Å²) in [5.74, 6) is 0.0953. The Kier molecular flexibility index (Phi) is 4.22. The molecule has 2 aliphatic rings. The lowest BCUT2D eigenvalue weighted by Crippen LogP contribution is -2.47. The standard InChI is InChI=1S/C19H25N3OS/c1-13-14(2)24-19(22-10-5-6-11-22)17(13)18(23)20-15-8-12-21-9-4-3-7-16(15)21/h5-6,10-11,15-16H,3-4,7-9,12H2,1-2H3,(H,20,23)/t15-,16+/m0/s1. The third-order valence-electron chi connectivity index (χ3n) is 5.61. The number of nitrogens with zero attached hydrogens (tertiary/aromatic N) is 2. The minimum absolute atomic E-state index is 0.0953.